The molecule has 2 aromatic rings. The van der Waals surface area contributed by atoms with Gasteiger partial charge in [-0.05, 0) is 32.8 Å². The molecule has 0 spiro atoms. The van der Waals surface area contributed by atoms with E-state index in [2.05, 4.69) is 9.97 Å². The Labute approximate surface area is 165 Å². The molecule has 1 aliphatic heterocycles. The average molecular weight is 385 g/mol. The maximum absolute atomic E-state index is 12.2. The summed E-state index contributed by atoms with van der Waals surface area (Å²) in [4.78, 5) is 22.4. The number of β-amino-alcohol motifs (C(OH)–C–C–N with tert-alkyl or cyclic N) is 1. The number of rotatable bonds is 4. The van der Waals surface area contributed by atoms with Gasteiger partial charge in [0, 0.05) is 12.5 Å². The first-order chi connectivity index (χ1) is 13.3. The normalized spacial score (nSPS) is 19.9. The fraction of sp³-hybridized carbons (Fsp3) is 0.476. The second kappa shape index (κ2) is 8.56. The predicted octanol–water partition coefficient (Wildman–Crippen LogP) is 3.14. The van der Waals surface area contributed by atoms with Crippen LogP contribution in [-0.4, -0.2) is 50.9 Å². The summed E-state index contributed by atoms with van der Waals surface area (Å²) >= 11 is 0. The molecule has 150 valence electrons. The molecule has 0 bridgehead atoms. The Morgan fingerprint density at radius 1 is 1.21 bits per heavy atom. The Balaban J connectivity index is 1.55. The number of piperidine rings is 1. The molecule has 2 heterocycles. The standard InChI is InChI=1S/C21H27N3O4/c1-21(2,3)28-20(26)24-10-9-17(18(25)13-24)19-22-11-16(12-23-19)27-14-15-7-5-4-6-8-15/h4-8,11-12,17-18,25H,9-10,13-14H2,1-3H3. The minimum atomic E-state index is -0.739. The van der Waals surface area contributed by atoms with E-state index in [0.29, 0.717) is 31.1 Å². The number of amides is 1. The number of benzene rings is 1. The van der Waals surface area contributed by atoms with Crippen molar-refractivity contribution in [3.63, 3.8) is 0 Å². The molecule has 1 N–H and O–H groups in total. The van der Waals surface area contributed by atoms with E-state index in [0.717, 1.165) is 5.56 Å². The molecule has 0 saturated carbocycles. The highest BCUT2D eigenvalue weighted by Gasteiger charge is 2.34. The molecule has 2 unspecified atom stereocenters. The van der Waals surface area contributed by atoms with Crippen LogP contribution in [0.25, 0.3) is 0 Å². The lowest BCUT2D eigenvalue weighted by Crippen LogP contribution is -2.47. The highest BCUT2D eigenvalue weighted by molar-refractivity contribution is 5.68. The third kappa shape index (κ3) is 5.42. The zero-order valence-electron chi connectivity index (χ0n) is 16.5. The van der Waals surface area contributed by atoms with E-state index < -0.39 is 17.8 Å². The summed E-state index contributed by atoms with van der Waals surface area (Å²) in [5.41, 5.74) is 0.508. The van der Waals surface area contributed by atoms with Crippen molar-refractivity contribution in [2.45, 2.75) is 51.4 Å². The van der Waals surface area contributed by atoms with Crippen LogP contribution in [0.3, 0.4) is 0 Å². The Bertz CT molecular complexity index is 774. The number of nitrogens with zero attached hydrogens (tertiary/aromatic N) is 3. The van der Waals surface area contributed by atoms with Crippen molar-refractivity contribution in [3.8, 4) is 5.75 Å². The van der Waals surface area contributed by atoms with Crippen molar-refractivity contribution in [3.05, 3.63) is 54.1 Å². The molecule has 1 aromatic heterocycles. The van der Waals surface area contributed by atoms with Crippen LogP contribution in [-0.2, 0) is 11.3 Å². The van der Waals surface area contributed by atoms with Crippen LogP contribution in [0, 0.1) is 0 Å². The summed E-state index contributed by atoms with van der Waals surface area (Å²) in [5.74, 6) is 0.915. The Morgan fingerprint density at radius 2 is 1.89 bits per heavy atom. The SMILES string of the molecule is CC(C)(C)OC(=O)N1CCC(c2ncc(OCc3ccccc3)cn2)C(O)C1. The van der Waals surface area contributed by atoms with E-state index in [4.69, 9.17) is 9.47 Å². The molecule has 2 atom stereocenters. The number of likely N-dealkylation sites (tertiary alicyclic amines) is 1. The summed E-state index contributed by atoms with van der Waals surface area (Å²) in [6.07, 6.45) is 2.68. The number of aliphatic hydroxyl groups excluding tert-OH is 1. The predicted molar refractivity (Wildman–Crippen MR) is 104 cm³/mol. The fourth-order valence-electron chi connectivity index (χ4n) is 3.06. The Hall–Kier alpha value is -2.67. The van der Waals surface area contributed by atoms with Gasteiger partial charge in [0.15, 0.2) is 5.75 Å². The highest BCUT2D eigenvalue weighted by atomic mass is 16.6. The first kappa shape index (κ1) is 20.1. The third-order valence-corrected chi connectivity index (χ3v) is 4.46. The molecule has 28 heavy (non-hydrogen) atoms. The summed E-state index contributed by atoms with van der Waals surface area (Å²) in [7, 11) is 0. The largest absolute Gasteiger partial charge is 0.486 e. The Morgan fingerprint density at radius 3 is 2.50 bits per heavy atom. The first-order valence-electron chi connectivity index (χ1n) is 9.46. The maximum atomic E-state index is 12.2. The number of ether oxygens (including phenoxy) is 2. The number of aliphatic hydroxyl groups is 1. The fourth-order valence-corrected chi connectivity index (χ4v) is 3.06. The van der Waals surface area contributed by atoms with Gasteiger partial charge in [-0.25, -0.2) is 14.8 Å². The van der Waals surface area contributed by atoms with Crippen LogP contribution >= 0.6 is 0 Å². The van der Waals surface area contributed by atoms with E-state index in [9.17, 15) is 9.90 Å². The van der Waals surface area contributed by atoms with Crippen molar-refractivity contribution < 1.29 is 19.4 Å². The molecule has 1 aromatic carbocycles. The molecule has 1 fully saturated rings. The zero-order valence-corrected chi connectivity index (χ0v) is 16.5. The number of hydrogen-bond acceptors (Lipinski definition) is 6. The summed E-state index contributed by atoms with van der Waals surface area (Å²) in [6, 6.07) is 9.86. The van der Waals surface area contributed by atoms with E-state index in [1.165, 1.54) is 4.90 Å². The molecule has 7 nitrogen and oxygen atoms in total. The monoisotopic (exact) mass is 385 g/mol. The smallest absolute Gasteiger partial charge is 0.410 e. The van der Waals surface area contributed by atoms with E-state index in [1.54, 1.807) is 12.4 Å². The highest BCUT2D eigenvalue weighted by Crippen LogP contribution is 2.27. The first-order valence-corrected chi connectivity index (χ1v) is 9.46. The van der Waals surface area contributed by atoms with Gasteiger partial charge in [-0.15, -0.1) is 0 Å². The molecular weight excluding hydrogens is 358 g/mol. The van der Waals surface area contributed by atoms with Gasteiger partial charge in [0.25, 0.3) is 0 Å². The van der Waals surface area contributed by atoms with Crippen molar-refractivity contribution in [1.82, 2.24) is 14.9 Å². The van der Waals surface area contributed by atoms with Crippen LogP contribution in [0.4, 0.5) is 4.79 Å². The molecule has 1 saturated heterocycles. The number of hydrogen-bond donors (Lipinski definition) is 1. The van der Waals surface area contributed by atoms with Crippen LogP contribution in [0.2, 0.25) is 0 Å². The van der Waals surface area contributed by atoms with Gasteiger partial charge >= 0.3 is 6.09 Å². The summed E-state index contributed by atoms with van der Waals surface area (Å²) < 4.78 is 11.1. The van der Waals surface area contributed by atoms with Gasteiger partial charge in [0.1, 0.15) is 18.0 Å². The number of carbonyl (C=O) groups is 1. The van der Waals surface area contributed by atoms with Gasteiger partial charge in [0.05, 0.1) is 25.0 Å². The lowest BCUT2D eigenvalue weighted by molar-refractivity contribution is -0.00235. The van der Waals surface area contributed by atoms with Gasteiger partial charge in [-0.2, -0.15) is 0 Å². The topological polar surface area (TPSA) is 84.8 Å². The number of aromatic nitrogens is 2. The maximum Gasteiger partial charge on any atom is 0.410 e. The molecule has 3 rings (SSSR count). The molecule has 0 radical (unpaired) electrons. The second-order valence-electron chi connectivity index (χ2n) is 7.94. The molecule has 7 heteroatoms. The van der Waals surface area contributed by atoms with E-state index in [-0.39, 0.29) is 12.5 Å². The van der Waals surface area contributed by atoms with Crippen LogP contribution in [0.15, 0.2) is 42.7 Å². The minimum absolute atomic E-state index is 0.204. The van der Waals surface area contributed by atoms with Crippen molar-refractivity contribution in [1.29, 1.82) is 0 Å². The quantitative estimate of drug-likeness (QED) is 0.870. The van der Waals surface area contributed by atoms with Crippen LogP contribution < -0.4 is 4.74 Å². The molecule has 0 aliphatic carbocycles. The van der Waals surface area contributed by atoms with Gasteiger partial charge in [0.2, 0.25) is 0 Å². The van der Waals surface area contributed by atoms with E-state index in [1.807, 2.05) is 51.1 Å². The second-order valence-corrected chi connectivity index (χ2v) is 7.94. The van der Waals surface area contributed by atoms with Crippen molar-refractivity contribution >= 4 is 6.09 Å². The van der Waals surface area contributed by atoms with Crippen LogP contribution in [0.1, 0.15) is 44.5 Å². The lowest BCUT2D eigenvalue weighted by atomic mass is 9.93. The zero-order chi connectivity index (χ0) is 20.1. The van der Waals surface area contributed by atoms with E-state index >= 15 is 0 Å². The summed E-state index contributed by atoms with van der Waals surface area (Å²) in [5, 5.41) is 10.5. The van der Waals surface area contributed by atoms with Crippen LogP contribution in [0.5, 0.6) is 5.75 Å². The van der Waals surface area contributed by atoms with Gasteiger partial charge in [-0.3, -0.25) is 0 Å². The Kier molecular flexibility index (Phi) is 6.14. The van der Waals surface area contributed by atoms with Gasteiger partial charge in [-0.1, -0.05) is 30.3 Å². The molecule has 1 amide bonds. The average Bonchev–Trinajstić information content (AvgIpc) is 2.66. The minimum Gasteiger partial charge on any atom is -0.486 e. The molecular formula is C21H27N3O4. The van der Waals surface area contributed by atoms with Crippen molar-refractivity contribution in [2.24, 2.45) is 0 Å². The lowest BCUT2D eigenvalue weighted by Gasteiger charge is -2.36. The van der Waals surface area contributed by atoms with Gasteiger partial charge < -0.3 is 19.5 Å². The third-order valence-electron chi connectivity index (χ3n) is 4.46. The molecule has 1 aliphatic rings. The summed E-state index contributed by atoms with van der Waals surface area (Å²) in [6.45, 7) is 6.61. The number of carbonyl (C=O) groups excluding carboxylic acids is 1. The van der Waals surface area contributed by atoms with Crippen molar-refractivity contribution in [2.75, 3.05) is 13.1 Å².